The number of amides is 1. The quantitative estimate of drug-likeness (QED) is 0.361. The fraction of sp³-hybridized carbons (Fsp3) is 0.889. The molecule has 0 aliphatic carbocycles. The fourth-order valence-electron chi connectivity index (χ4n) is 1.71. The summed E-state index contributed by atoms with van der Waals surface area (Å²) in [5.74, 6) is -1.29. The highest BCUT2D eigenvalue weighted by Crippen LogP contribution is 2.22. The molecule has 1 rings (SSSR count). The Balaban J connectivity index is 2.60. The maximum atomic E-state index is 11.4. The lowest BCUT2D eigenvalue weighted by atomic mass is 9.97. The summed E-state index contributed by atoms with van der Waals surface area (Å²) in [4.78, 5) is 10.6. The van der Waals surface area contributed by atoms with Gasteiger partial charge in [-0.15, -0.1) is 0 Å². The van der Waals surface area contributed by atoms with Crippen LogP contribution < -0.4 is 4.72 Å². The smallest absolute Gasteiger partial charge is 0.234 e. The first-order valence-electron chi connectivity index (χ1n) is 5.53. The Labute approximate surface area is 109 Å². The first kappa shape index (κ1) is 16.3. The highest BCUT2D eigenvalue weighted by molar-refractivity contribution is 7.90. The molecule has 0 aromatic rings. The van der Waals surface area contributed by atoms with Crippen molar-refractivity contribution in [3.8, 4) is 0 Å². The van der Waals surface area contributed by atoms with Crippen LogP contribution in [0.1, 0.15) is 13.3 Å². The Morgan fingerprint density at radius 2 is 1.74 bits per heavy atom. The van der Waals surface area contributed by atoms with E-state index in [1.807, 2.05) is 0 Å². The summed E-state index contributed by atoms with van der Waals surface area (Å²) in [6.07, 6.45) is -7.99. The minimum atomic E-state index is -3.87. The fourth-order valence-corrected chi connectivity index (χ4v) is 2.79. The Morgan fingerprint density at radius 3 is 2.26 bits per heavy atom. The molecule has 19 heavy (non-hydrogen) atoms. The molecule has 10 heteroatoms. The second-order valence-corrected chi connectivity index (χ2v) is 6.14. The Morgan fingerprint density at radius 1 is 1.16 bits per heavy atom. The molecule has 0 saturated carbocycles. The van der Waals surface area contributed by atoms with Crippen LogP contribution in [0.2, 0.25) is 0 Å². The van der Waals surface area contributed by atoms with Gasteiger partial charge in [-0.2, -0.15) is 0 Å². The molecule has 0 unspecified atom stereocenters. The van der Waals surface area contributed by atoms with Crippen LogP contribution in [-0.2, 0) is 19.6 Å². The topological polar surface area (TPSA) is 153 Å². The van der Waals surface area contributed by atoms with Crippen LogP contribution in [0, 0.1) is 0 Å². The van der Waals surface area contributed by atoms with Crippen molar-refractivity contribution in [1.29, 1.82) is 0 Å². The molecular weight excluding hydrogens is 282 g/mol. The molecule has 0 radical (unpaired) electrons. The molecule has 1 aliphatic heterocycles. The maximum absolute atomic E-state index is 11.4. The summed E-state index contributed by atoms with van der Waals surface area (Å²) in [5.41, 5.74) is 0. The number of rotatable bonds is 4. The van der Waals surface area contributed by atoms with Gasteiger partial charge >= 0.3 is 0 Å². The van der Waals surface area contributed by atoms with E-state index in [1.165, 1.54) is 0 Å². The molecule has 112 valence electrons. The van der Waals surface area contributed by atoms with Gasteiger partial charge in [0, 0.05) is 6.92 Å². The molecule has 0 spiro atoms. The van der Waals surface area contributed by atoms with E-state index in [9.17, 15) is 33.6 Å². The van der Waals surface area contributed by atoms with Crippen LogP contribution >= 0.6 is 0 Å². The second-order valence-electron chi connectivity index (χ2n) is 4.30. The van der Waals surface area contributed by atoms with E-state index in [1.54, 1.807) is 4.72 Å². The van der Waals surface area contributed by atoms with Crippen LogP contribution in [0.25, 0.3) is 0 Å². The highest BCUT2D eigenvalue weighted by atomic mass is 32.2. The van der Waals surface area contributed by atoms with Gasteiger partial charge in [-0.1, -0.05) is 0 Å². The highest BCUT2D eigenvalue weighted by Gasteiger charge is 2.43. The van der Waals surface area contributed by atoms with Gasteiger partial charge in [0.25, 0.3) is 0 Å². The summed E-state index contributed by atoms with van der Waals surface area (Å²) in [7, 11) is -3.87. The number of aliphatic hydroxyl groups is 4. The molecule has 1 amide bonds. The van der Waals surface area contributed by atoms with Crippen molar-refractivity contribution < 1.29 is 38.4 Å². The van der Waals surface area contributed by atoms with Crippen LogP contribution in [-0.4, -0.2) is 71.2 Å². The number of nitrogens with one attached hydrogen (secondary N) is 1. The molecular formula is C9H17NO8S. The van der Waals surface area contributed by atoms with E-state index in [2.05, 4.69) is 0 Å². The standard InChI is InChI=1S/C9H17NO8S/c1-4(11)10-19(16,17)3-2-5-6(12)7(13)8(14)9(15)18-5/h5-9,12-15H,2-3H2,1H3,(H,10,11)/t5-,6-,7+,8+,9+/m1/s1. The zero-order chi connectivity index (χ0) is 14.8. The van der Waals surface area contributed by atoms with Gasteiger partial charge in [0.2, 0.25) is 15.9 Å². The van der Waals surface area contributed by atoms with Gasteiger partial charge < -0.3 is 25.2 Å². The van der Waals surface area contributed by atoms with Crippen molar-refractivity contribution in [3.05, 3.63) is 0 Å². The molecule has 1 saturated heterocycles. The van der Waals surface area contributed by atoms with E-state index >= 15 is 0 Å². The van der Waals surface area contributed by atoms with Crippen LogP contribution in [0.5, 0.6) is 0 Å². The predicted molar refractivity (Wildman–Crippen MR) is 61.1 cm³/mol. The van der Waals surface area contributed by atoms with E-state index in [-0.39, 0.29) is 6.42 Å². The molecule has 0 aromatic heterocycles. The van der Waals surface area contributed by atoms with Crippen molar-refractivity contribution in [3.63, 3.8) is 0 Å². The monoisotopic (exact) mass is 299 g/mol. The lowest BCUT2D eigenvalue weighted by Gasteiger charge is -2.38. The van der Waals surface area contributed by atoms with Crippen LogP contribution in [0.15, 0.2) is 0 Å². The normalized spacial score (nSPS) is 35.9. The molecule has 1 heterocycles. The molecule has 0 bridgehead atoms. The van der Waals surface area contributed by atoms with Gasteiger partial charge in [-0.25, -0.2) is 8.42 Å². The zero-order valence-corrected chi connectivity index (χ0v) is 10.9. The average molecular weight is 299 g/mol. The summed E-state index contributed by atoms with van der Waals surface area (Å²) >= 11 is 0. The predicted octanol–water partition coefficient (Wildman–Crippen LogP) is -3.36. The number of aliphatic hydroxyl groups excluding tert-OH is 4. The lowest BCUT2D eigenvalue weighted by Crippen LogP contribution is -2.57. The van der Waals surface area contributed by atoms with E-state index in [0.29, 0.717) is 0 Å². The van der Waals surface area contributed by atoms with E-state index in [0.717, 1.165) is 6.92 Å². The van der Waals surface area contributed by atoms with Crippen molar-refractivity contribution in [2.75, 3.05) is 5.75 Å². The third kappa shape index (κ3) is 4.37. The number of ether oxygens (including phenoxy) is 1. The third-order valence-corrected chi connectivity index (χ3v) is 4.03. The molecule has 0 aromatic carbocycles. The van der Waals surface area contributed by atoms with Gasteiger partial charge in [-0.05, 0) is 6.42 Å². The summed E-state index contributed by atoms with van der Waals surface area (Å²) in [5, 5.41) is 37.4. The van der Waals surface area contributed by atoms with Crippen LogP contribution in [0.4, 0.5) is 0 Å². The average Bonchev–Trinajstić information content (AvgIpc) is 2.28. The van der Waals surface area contributed by atoms with Crippen molar-refractivity contribution in [2.24, 2.45) is 0 Å². The minimum absolute atomic E-state index is 0.259. The minimum Gasteiger partial charge on any atom is -0.388 e. The zero-order valence-electron chi connectivity index (χ0n) is 10.1. The third-order valence-electron chi connectivity index (χ3n) is 2.66. The summed E-state index contributed by atoms with van der Waals surface area (Å²) in [6.45, 7) is 1.04. The largest absolute Gasteiger partial charge is 0.388 e. The molecule has 1 fully saturated rings. The number of sulfonamides is 1. The number of hydrogen-bond donors (Lipinski definition) is 5. The Kier molecular flexibility index (Phi) is 5.24. The molecule has 1 aliphatic rings. The summed E-state index contributed by atoms with van der Waals surface area (Å²) < 4.78 is 29.3. The Bertz CT molecular complexity index is 424. The van der Waals surface area contributed by atoms with Gasteiger partial charge in [0.15, 0.2) is 6.29 Å². The van der Waals surface area contributed by atoms with Crippen LogP contribution in [0.3, 0.4) is 0 Å². The second kappa shape index (κ2) is 6.11. The molecule has 5 N–H and O–H groups in total. The maximum Gasteiger partial charge on any atom is 0.234 e. The van der Waals surface area contributed by atoms with E-state index in [4.69, 9.17) is 4.74 Å². The van der Waals surface area contributed by atoms with E-state index < -0.39 is 52.4 Å². The summed E-state index contributed by atoms with van der Waals surface area (Å²) in [6, 6.07) is 0. The first-order chi connectivity index (χ1) is 8.64. The number of carbonyl (C=O) groups excluding carboxylic acids is 1. The van der Waals surface area contributed by atoms with Crippen molar-refractivity contribution in [2.45, 2.75) is 44.1 Å². The SMILES string of the molecule is CC(=O)NS(=O)(=O)CC[C@H]1O[C@H](O)[C@@H](O)[C@@H](O)[C@@H]1O. The first-order valence-corrected chi connectivity index (χ1v) is 7.18. The molecule has 9 nitrogen and oxygen atoms in total. The van der Waals surface area contributed by atoms with Crippen molar-refractivity contribution in [1.82, 2.24) is 4.72 Å². The molecule has 5 atom stereocenters. The van der Waals surface area contributed by atoms with Gasteiger partial charge in [0.05, 0.1) is 11.9 Å². The van der Waals surface area contributed by atoms with Gasteiger partial charge in [-0.3, -0.25) is 9.52 Å². The van der Waals surface area contributed by atoms with Gasteiger partial charge in [0.1, 0.15) is 18.3 Å². The Hall–Kier alpha value is -0.780. The number of hydrogen-bond acceptors (Lipinski definition) is 8. The lowest BCUT2D eigenvalue weighted by molar-refractivity contribution is -0.281. The number of carbonyl (C=O) groups is 1. The van der Waals surface area contributed by atoms with Crippen molar-refractivity contribution >= 4 is 15.9 Å².